The Morgan fingerprint density at radius 1 is 1.16 bits per heavy atom. The van der Waals surface area contributed by atoms with Crippen molar-refractivity contribution in [2.75, 3.05) is 17.7 Å². The van der Waals surface area contributed by atoms with Crippen molar-refractivity contribution < 1.29 is 4.74 Å². The summed E-state index contributed by atoms with van der Waals surface area (Å²) >= 11 is 0. The first kappa shape index (κ1) is 13.3. The molecule has 1 heterocycles. The highest BCUT2D eigenvalue weighted by Gasteiger charge is 2.02. The number of nitrogens with one attached hydrogen (secondary N) is 1. The van der Waals surface area contributed by atoms with Crippen LogP contribution >= 0.6 is 0 Å². The smallest absolute Gasteiger partial charge is 0.144 e. The number of ether oxygens (including phenoxy) is 1. The van der Waals surface area contributed by atoms with Crippen LogP contribution in [0.4, 0.5) is 11.6 Å². The molecule has 0 aliphatic rings. The standard InChI is InChI=1S/C14H18N4O/c1-2-19-10-12-6-4-3-5-11(12)7-17-14-9-16-13(15)8-18-14/h3-6,8-9H,2,7,10H2,1H3,(H2,15,16)(H,17,18). The van der Waals surface area contributed by atoms with Crippen LogP contribution in [0.25, 0.3) is 0 Å². The average molecular weight is 258 g/mol. The zero-order chi connectivity index (χ0) is 13.5. The summed E-state index contributed by atoms with van der Waals surface area (Å²) in [6, 6.07) is 8.18. The molecule has 0 aliphatic heterocycles. The molecule has 1 aromatic carbocycles. The molecule has 0 atom stereocenters. The Hall–Kier alpha value is -2.14. The van der Waals surface area contributed by atoms with Gasteiger partial charge in [-0.1, -0.05) is 24.3 Å². The van der Waals surface area contributed by atoms with E-state index in [-0.39, 0.29) is 0 Å². The van der Waals surface area contributed by atoms with E-state index in [0.717, 1.165) is 0 Å². The molecule has 2 aromatic rings. The number of nitrogens with two attached hydrogens (primary N) is 1. The molecule has 0 amide bonds. The largest absolute Gasteiger partial charge is 0.382 e. The molecule has 0 fully saturated rings. The molecule has 0 aliphatic carbocycles. The Morgan fingerprint density at radius 2 is 1.95 bits per heavy atom. The maximum absolute atomic E-state index is 5.49. The quantitative estimate of drug-likeness (QED) is 0.831. The lowest BCUT2D eigenvalue weighted by atomic mass is 10.1. The number of nitrogens with zero attached hydrogens (tertiary/aromatic N) is 2. The van der Waals surface area contributed by atoms with E-state index in [1.807, 2.05) is 19.1 Å². The van der Waals surface area contributed by atoms with E-state index in [1.54, 1.807) is 6.20 Å². The average Bonchev–Trinajstić information content (AvgIpc) is 2.45. The van der Waals surface area contributed by atoms with Gasteiger partial charge in [-0.25, -0.2) is 9.97 Å². The van der Waals surface area contributed by atoms with Crippen molar-refractivity contribution in [1.29, 1.82) is 0 Å². The lowest BCUT2D eigenvalue weighted by Crippen LogP contribution is -2.06. The van der Waals surface area contributed by atoms with Crippen LogP contribution in [0.1, 0.15) is 18.1 Å². The molecule has 0 radical (unpaired) electrons. The monoisotopic (exact) mass is 258 g/mol. The summed E-state index contributed by atoms with van der Waals surface area (Å²) in [5.41, 5.74) is 7.87. The molecule has 0 saturated heterocycles. The van der Waals surface area contributed by atoms with Gasteiger partial charge in [0.15, 0.2) is 0 Å². The fraction of sp³-hybridized carbons (Fsp3) is 0.286. The molecule has 100 valence electrons. The first-order valence-electron chi connectivity index (χ1n) is 6.25. The van der Waals surface area contributed by atoms with Crippen LogP contribution in [0.3, 0.4) is 0 Å². The number of benzene rings is 1. The normalized spacial score (nSPS) is 10.4. The Labute approximate surface area is 112 Å². The van der Waals surface area contributed by atoms with Gasteiger partial charge >= 0.3 is 0 Å². The van der Waals surface area contributed by atoms with Crippen LogP contribution in [0.2, 0.25) is 0 Å². The third kappa shape index (κ3) is 3.93. The highest BCUT2D eigenvalue weighted by atomic mass is 16.5. The van der Waals surface area contributed by atoms with Gasteiger partial charge < -0.3 is 15.8 Å². The molecule has 19 heavy (non-hydrogen) atoms. The summed E-state index contributed by atoms with van der Waals surface area (Å²) in [6.45, 7) is 4.01. The second-order valence-electron chi connectivity index (χ2n) is 4.09. The minimum atomic E-state index is 0.419. The van der Waals surface area contributed by atoms with Crippen molar-refractivity contribution in [3.8, 4) is 0 Å². The summed E-state index contributed by atoms with van der Waals surface area (Å²) in [5, 5.41) is 3.22. The molecule has 5 heteroatoms. The summed E-state index contributed by atoms with van der Waals surface area (Å²) in [7, 11) is 0. The van der Waals surface area contributed by atoms with Crippen LogP contribution in [0.15, 0.2) is 36.7 Å². The number of anilines is 2. The Morgan fingerprint density at radius 3 is 2.63 bits per heavy atom. The van der Waals surface area contributed by atoms with Gasteiger partial charge in [-0.05, 0) is 18.1 Å². The van der Waals surface area contributed by atoms with Crippen molar-refractivity contribution in [3.05, 3.63) is 47.8 Å². The van der Waals surface area contributed by atoms with Crippen LogP contribution in [-0.2, 0) is 17.9 Å². The summed E-state index contributed by atoms with van der Waals surface area (Å²) < 4.78 is 5.46. The van der Waals surface area contributed by atoms with E-state index in [4.69, 9.17) is 10.5 Å². The van der Waals surface area contributed by atoms with Crippen LogP contribution in [0.5, 0.6) is 0 Å². The maximum atomic E-state index is 5.49. The Bertz CT molecular complexity index is 513. The summed E-state index contributed by atoms with van der Waals surface area (Å²) in [6.07, 6.45) is 3.16. The summed E-state index contributed by atoms with van der Waals surface area (Å²) in [5.74, 6) is 1.13. The molecule has 0 saturated carbocycles. The minimum absolute atomic E-state index is 0.419. The minimum Gasteiger partial charge on any atom is -0.382 e. The van der Waals surface area contributed by atoms with E-state index in [9.17, 15) is 0 Å². The van der Waals surface area contributed by atoms with Gasteiger partial charge in [-0.15, -0.1) is 0 Å². The number of nitrogen functional groups attached to an aromatic ring is 1. The number of rotatable bonds is 6. The molecule has 0 spiro atoms. The van der Waals surface area contributed by atoms with Crippen molar-refractivity contribution in [3.63, 3.8) is 0 Å². The van der Waals surface area contributed by atoms with Gasteiger partial charge in [0.1, 0.15) is 11.6 Å². The SMILES string of the molecule is CCOCc1ccccc1CNc1cnc(N)cn1. The topological polar surface area (TPSA) is 73.1 Å². The third-order valence-electron chi connectivity index (χ3n) is 2.71. The maximum Gasteiger partial charge on any atom is 0.144 e. The van der Waals surface area contributed by atoms with Crippen molar-refractivity contribution >= 4 is 11.6 Å². The van der Waals surface area contributed by atoms with Crippen molar-refractivity contribution in [2.45, 2.75) is 20.1 Å². The fourth-order valence-electron chi connectivity index (χ4n) is 1.70. The third-order valence-corrected chi connectivity index (χ3v) is 2.71. The van der Waals surface area contributed by atoms with Gasteiger partial charge in [-0.3, -0.25) is 0 Å². The molecular formula is C14H18N4O. The molecule has 5 nitrogen and oxygen atoms in total. The molecule has 1 aromatic heterocycles. The van der Waals surface area contributed by atoms with Crippen molar-refractivity contribution in [2.24, 2.45) is 0 Å². The molecule has 2 rings (SSSR count). The second kappa shape index (κ2) is 6.70. The molecule has 0 unspecified atom stereocenters. The zero-order valence-electron chi connectivity index (χ0n) is 11.0. The van der Waals surface area contributed by atoms with Gasteiger partial charge in [0, 0.05) is 13.2 Å². The van der Waals surface area contributed by atoms with Crippen molar-refractivity contribution in [1.82, 2.24) is 9.97 Å². The van der Waals surface area contributed by atoms with E-state index >= 15 is 0 Å². The highest BCUT2D eigenvalue weighted by Crippen LogP contribution is 2.12. The van der Waals surface area contributed by atoms with E-state index < -0.39 is 0 Å². The fourth-order valence-corrected chi connectivity index (χ4v) is 1.70. The van der Waals surface area contributed by atoms with E-state index in [2.05, 4.69) is 27.4 Å². The number of aromatic nitrogens is 2. The predicted molar refractivity (Wildman–Crippen MR) is 75.5 cm³/mol. The van der Waals surface area contributed by atoms with Crippen LogP contribution in [0, 0.1) is 0 Å². The lowest BCUT2D eigenvalue weighted by molar-refractivity contribution is 0.133. The van der Waals surface area contributed by atoms with Gasteiger partial charge in [0.2, 0.25) is 0 Å². The summed E-state index contributed by atoms with van der Waals surface area (Å²) in [4.78, 5) is 8.15. The Balaban J connectivity index is 2.00. The van der Waals surface area contributed by atoms with E-state index in [0.29, 0.717) is 31.4 Å². The number of hydrogen-bond donors (Lipinski definition) is 2. The van der Waals surface area contributed by atoms with Gasteiger partial charge in [0.25, 0.3) is 0 Å². The predicted octanol–water partition coefficient (Wildman–Crippen LogP) is 2.21. The highest BCUT2D eigenvalue weighted by molar-refractivity contribution is 5.38. The number of hydrogen-bond acceptors (Lipinski definition) is 5. The lowest BCUT2D eigenvalue weighted by Gasteiger charge is -2.10. The molecule has 3 N–H and O–H groups in total. The van der Waals surface area contributed by atoms with E-state index in [1.165, 1.54) is 17.3 Å². The Kier molecular flexibility index (Phi) is 4.69. The molecular weight excluding hydrogens is 240 g/mol. The van der Waals surface area contributed by atoms with Crippen LogP contribution < -0.4 is 11.1 Å². The molecule has 0 bridgehead atoms. The second-order valence-corrected chi connectivity index (χ2v) is 4.09. The first-order chi connectivity index (χ1) is 9.29. The van der Waals surface area contributed by atoms with Gasteiger partial charge in [-0.2, -0.15) is 0 Å². The van der Waals surface area contributed by atoms with Gasteiger partial charge in [0.05, 0.1) is 19.0 Å². The van der Waals surface area contributed by atoms with Crippen LogP contribution in [-0.4, -0.2) is 16.6 Å². The zero-order valence-corrected chi connectivity index (χ0v) is 11.0. The first-order valence-corrected chi connectivity index (χ1v) is 6.25.